The molecule has 1 saturated carbocycles. The van der Waals surface area contributed by atoms with Crippen molar-refractivity contribution in [2.24, 2.45) is 4.99 Å². The van der Waals surface area contributed by atoms with Crippen LogP contribution in [0.1, 0.15) is 29.0 Å². The minimum absolute atomic E-state index is 0.0276. The lowest BCUT2D eigenvalue weighted by molar-refractivity contribution is -0.274. The Morgan fingerprint density at radius 2 is 1.78 bits per heavy atom. The Morgan fingerprint density at radius 3 is 2.46 bits per heavy atom. The minimum atomic E-state index is -4.78. The average molecular weight is 640 g/mol. The van der Waals surface area contributed by atoms with Crippen LogP contribution in [0.5, 0.6) is 5.75 Å². The molecule has 1 aromatic heterocycles. The van der Waals surface area contributed by atoms with Crippen LogP contribution in [0.15, 0.2) is 78.0 Å². The monoisotopic (exact) mass is 639 g/mol. The van der Waals surface area contributed by atoms with Gasteiger partial charge in [0.25, 0.3) is 11.8 Å². The minimum Gasteiger partial charge on any atom is -0.406 e. The number of ether oxygens (including phenoxy) is 1. The van der Waals surface area contributed by atoms with Crippen LogP contribution in [0.4, 0.5) is 32.4 Å². The summed E-state index contributed by atoms with van der Waals surface area (Å²) < 4.78 is 70.3. The molecule has 238 valence electrons. The third-order valence-electron chi connectivity index (χ3n) is 7.42. The van der Waals surface area contributed by atoms with Gasteiger partial charge in [0.2, 0.25) is 5.96 Å². The number of amides is 3. The second kappa shape index (κ2) is 11.9. The molecule has 0 radical (unpaired) electrons. The number of urea groups is 1. The van der Waals surface area contributed by atoms with E-state index in [1.54, 1.807) is 37.3 Å². The van der Waals surface area contributed by atoms with Gasteiger partial charge in [-0.15, -0.1) is 18.3 Å². The molecule has 10 nitrogen and oxygen atoms in total. The number of benzene rings is 3. The molecule has 46 heavy (non-hydrogen) atoms. The Hall–Kier alpha value is -5.34. The summed E-state index contributed by atoms with van der Waals surface area (Å²) in [6.07, 6.45) is -3.17. The Labute approximate surface area is 258 Å². The Balaban J connectivity index is 1.02. The van der Waals surface area contributed by atoms with Gasteiger partial charge in [-0.1, -0.05) is 36.4 Å². The van der Waals surface area contributed by atoms with Crippen LogP contribution in [0, 0.1) is 6.92 Å². The molecule has 0 saturated heterocycles. The second-order valence-electron chi connectivity index (χ2n) is 10.8. The molecule has 1 atom stereocenters. The fourth-order valence-corrected chi connectivity index (χ4v) is 5.05. The van der Waals surface area contributed by atoms with Crippen LogP contribution in [0.3, 0.4) is 0 Å². The van der Waals surface area contributed by atoms with Crippen LogP contribution < -0.4 is 20.3 Å². The molecule has 3 amide bonds. The van der Waals surface area contributed by atoms with E-state index in [0.29, 0.717) is 29.1 Å². The quantitative estimate of drug-likeness (QED) is 0.247. The summed E-state index contributed by atoms with van der Waals surface area (Å²) in [5.41, 5.74) is 3.49. The number of alkyl halides is 5. The van der Waals surface area contributed by atoms with Crippen molar-refractivity contribution in [2.75, 3.05) is 18.0 Å². The van der Waals surface area contributed by atoms with Crippen molar-refractivity contribution >= 4 is 23.6 Å². The van der Waals surface area contributed by atoms with E-state index < -0.39 is 30.1 Å². The lowest BCUT2D eigenvalue weighted by atomic mass is 10.0. The van der Waals surface area contributed by atoms with Gasteiger partial charge in [0.15, 0.2) is 5.82 Å². The van der Waals surface area contributed by atoms with Crippen molar-refractivity contribution in [1.29, 1.82) is 0 Å². The number of nitrogens with zero attached hydrogens (tertiary/aromatic N) is 5. The van der Waals surface area contributed by atoms with Gasteiger partial charge in [0.1, 0.15) is 18.6 Å². The Kier molecular flexibility index (Phi) is 7.92. The van der Waals surface area contributed by atoms with E-state index in [4.69, 9.17) is 0 Å². The third-order valence-corrected chi connectivity index (χ3v) is 7.42. The fraction of sp³-hybridized carbons (Fsp3) is 0.258. The maximum atomic E-state index is 13.9. The molecule has 0 spiro atoms. The predicted octanol–water partition coefficient (Wildman–Crippen LogP) is 5.51. The third kappa shape index (κ3) is 6.82. The van der Waals surface area contributed by atoms with Crippen molar-refractivity contribution in [2.45, 2.75) is 38.0 Å². The summed E-state index contributed by atoms with van der Waals surface area (Å²) in [7, 11) is 0. The molecule has 4 aromatic rings. The molecule has 2 N–H and O–H groups in total. The molecule has 3 aromatic carbocycles. The number of aromatic nitrogens is 3. The van der Waals surface area contributed by atoms with Gasteiger partial charge in [0.05, 0.1) is 17.3 Å². The van der Waals surface area contributed by atoms with E-state index in [9.17, 15) is 31.5 Å². The number of hydrogen-bond donors (Lipinski definition) is 2. The maximum Gasteiger partial charge on any atom is 0.573 e. The molecule has 1 fully saturated rings. The number of halogens is 5. The summed E-state index contributed by atoms with van der Waals surface area (Å²) in [6.45, 7) is 1.82. The van der Waals surface area contributed by atoms with Crippen molar-refractivity contribution in [3.8, 4) is 22.8 Å². The first-order valence-electron chi connectivity index (χ1n) is 14.1. The zero-order valence-corrected chi connectivity index (χ0v) is 24.2. The zero-order valence-electron chi connectivity index (χ0n) is 24.2. The van der Waals surface area contributed by atoms with Gasteiger partial charge in [-0.05, 0) is 60.4 Å². The van der Waals surface area contributed by atoms with Gasteiger partial charge in [-0.3, -0.25) is 10.1 Å². The molecule has 6 rings (SSSR count). The number of aliphatic imine (C=N–C) groups is 1. The number of guanidine groups is 1. The maximum absolute atomic E-state index is 13.9. The van der Waals surface area contributed by atoms with E-state index in [-0.39, 0.29) is 36.9 Å². The van der Waals surface area contributed by atoms with Gasteiger partial charge in [0, 0.05) is 18.5 Å². The number of rotatable bonds is 8. The molecule has 2 aliphatic rings. The lowest BCUT2D eigenvalue weighted by Gasteiger charge is -2.22. The molecule has 1 aliphatic carbocycles. The highest BCUT2D eigenvalue weighted by Crippen LogP contribution is 2.57. The lowest BCUT2D eigenvalue weighted by Crippen LogP contribution is -2.48. The van der Waals surface area contributed by atoms with Crippen molar-refractivity contribution in [3.63, 3.8) is 0 Å². The van der Waals surface area contributed by atoms with Gasteiger partial charge < -0.3 is 10.1 Å². The second-order valence-corrected chi connectivity index (χ2v) is 10.8. The Bertz CT molecular complexity index is 1800. The van der Waals surface area contributed by atoms with Crippen LogP contribution in [-0.2, 0) is 11.2 Å². The van der Waals surface area contributed by atoms with E-state index in [1.165, 1.54) is 40.2 Å². The summed E-state index contributed by atoms with van der Waals surface area (Å²) in [5.74, 6) is -4.23. The number of aryl methyl sites for hydroxylation is 1. The highest BCUT2D eigenvalue weighted by molar-refractivity contribution is 6.23. The normalized spacial score (nSPS) is 17.1. The Morgan fingerprint density at radius 1 is 1.07 bits per heavy atom. The summed E-state index contributed by atoms with van der Waals surface area (Å²) in [5, 5.41) is 9.67. The molecule has 1 aliphatic heterocycles. The summed E-state index contributed by atoms with van der Waals surface area (Å²) >= 11 is 0. The average Bonchev–Trinajstić information content (AvgIpc) is 3.30. The van der Waals surface area contributed by atoms with Crippen molar-refractivity contribution in [1.82, 2.24) is 25.4 Å². The number of carbonyl (C=O) groups is 2. The first-order valence-corrected chi connectivity index (χ1v) is 14.1. The highest BCUT2D eigenvalue weighted by atomic mass is 19.4. The summed E-state index contributed by atoms with van der Waals surface area (Å²) in [6, 6.07) is 16.8. The van der Waals surface area contributed by atoms with E-state index >= 15 is 0 Å². The van der Waals surface area contributed by atoms with E-state index in [2.05, 4.69) is 30.4 Å². The number of anilines is 1. The molecule has 1 unspecified atom stereocenters. The highest BCUT2D eigenvalue weighted by Gasteiger charge is 2.58. The van der Waals surface area contributed by atoms with Gasteiger partial charge in [-0.25, -0.2) is 33.1 Å². The van der Waals surface area contributed by atoms with Crippen LogP contribution in [0.2, 0.25) is 0 Å². The SMILES string of the molecule is Cc1ccc(C2CC2(F)F)c(N2C(=O)CN=C2NC(=O)NCCc2ccc(-c3ncn(-c4ccc(OC(F)(F)F)cc4)n3)cc2)c1. The number of carbonyl (C=O) groups excluding carboxylic acids is 2. The van der Waals surface area contributed by atoms with Crippen LogP contribution in [-0.4, -0.2) is 58.0 Å². The predicted molar refractivity (Wildman–Crippen MR) is 157 cm³/mol. The van der Waals surface area contributed by atoms with E-state index in [0.717, 1.165) is 11.1 Å². The molecule has 15 heteroatoms. The standard InChI is InChI=1S/C31H26F5N7O3/c1-18-2-11-23(24-15-30(24,32)33)25(14-18)43-26(44)16-38-28(43)40-29(45)37-13-12-19-3-5-20(6-4-19)27-39-17-42(41-27)21-7-9-22(10-8-21)46-31(34,35)36/h2-11,14,17,24H,12-13,15-16H2,1H3,(H2,37,38,40,45). The number of hydrogen-bond acceptors (Lipinski definition) is 6. The van der Waals surface area contributed by atoms with Crippen molar-refractivity contribution in [3.05, 3.63) is 89.7 Å². The largest absolute Gasteiger partial charge is 0.573 e. The van der Waals surface area contributed by atoms with Crippen LogP contribution in [0.25, 0.3) is 17.1 Å². The first kappa shape index (κ1) is 30.7. The molecule has 2 heterocycles. The molecular formula is C31H26F5N7O3. The number of nitrogens with one attached hydrogen (secondary N) is 2. The van der Waals surface area contributed by atoms with Crippen molar-refractivity contribution < 1.29 is 36.3 Å². The summed E-state index contributed by atoms with van der Waals surface area (Å²) in [4.78, 5) is 34.9. The smallest absolute Gasteiger partial charge is 0.406 e. The molecule has 0 bridgehead atoms. The topological polar surface area (TPSA) is 114 Å². The first-order chi connectivity index (χ1) is 21.9. The fourth-order valence-electron chi connectivity index (χ4n) is 5.05. The van der Waals surface area contributed by atoms with Gasteiger partial charge >= 0.3 is 12.4 Å². The van der Waals surface area contributed by atoms with Crippen LogP contribution >= 0.6 is 0 Å². The molecular weight excluding hydrogens is 613 g/mol. The van der Waals surface area contributed by atoms with Gasteiger partial charge in [-0.2, -0.15) is 0 Å². The van der Waals surface area contributed by atoms with E-state index in [1.807, 2.05) is 12.1 Å². The zero-order chi connectivity index (χ0) is 32.6.